The molecule has 0 aromatic heterocycles. The summed E-state index contributed by atoms with van der Waals surface area (Å²) in [5.41, 5.74) is 1.34. The van der Waals surface area contributed by atoms with Gasteiger partial charge in [0.25, 0.3) is 5.91 Å². The van der Waals surface area contributed by atoms with E-state index < -0.39 is 6.04 Å². The molecule has 17 heavy (non-hydrogen) atoms. The van der Waals surface area contributed by atoms with Crippen LogP contribution in [0.2, 0.25) is 0 Å². The summed E-state index contributed by atoms with van der Waals surface area (Å²) in [7, 11) is 0. The van der Waals surface area contributed by atoms with Gasteiger partial charge in [-0.3, -0.25) is 9.59 Å². The van der Waals surface area contributed by atoms with Crippen molar-refractivity contribution >= 4 is 11.8 Å². The maximum Gasteiger partial charge on any atom is 0.268 e. The summed E-state index contributed by atoms with van der Waals surface area (Å²) < 4.78 is 0. The number of benzene rings is 1. The number of rotatable bonds is 2. The van der Waals surface area contributed by atoms with E-state index in [2.05, 4.69) is 10.6 Å². The summed E-state index contributed by atoms with van der Waals surface area (Å²) in [5, 5.41) is 5.29. The number of carbonyl (C=O) groups is 2. The van der Waals surface area contributed by atoms with Crippen molar-refractivity contribution in [1.29, 1.82) is 0 Å². The predicted molar refractivity (Wildman–Crippen MR) is 64.0 cm³/mol. The Morgan fingerprint density at radius 1 is 1.24 bits per heavy atom. The van der Waals surface area contributed by atoms with Gasteiger partial charge in [-0.15, -0.1) is 0 Å². The largest absolute Gasteiger partial charge is 0.339 e. The smallest absolute Gasteiger partial charge is 0.268 e. The van der Waals surface area contributed by atoms with E-state index in [0.29, 0.717) is 12.1 Å². The van der Waals surface area contributed by atoms with Crippen LogP contribution in [0.5, 0.6) is 0 Å². The second kappa shape index (κ2) is 4.82. The highest BCUT2D eigenvalue weighted by molar-refractivity contribution is 6.04. The number of piperazine rings is 1. The standard InChI is InChI=1S/C13H14N2O2/c1-2-10-12(16)15-11(13(17)14-10)8-9-6-4-3-5-7-9/h2-7,11H,8H2,1H3,(H,14,17)(H,15,16)/b10-2-. The summed E-state index contributed by atoms with van der Waals surface area (Å²) in [6.07, 6.45) is 2.10. The van der Waals surface area contributed by atoms with Crippen molar-refractivity contribution in [3.8, 4) is 0 Å². The van der Waals surface area contributed by atoms with E-state index in [9.17, 15) is 9.59 Å². The molecule has 0 radical (unpaired) electrons. The van der Waals surface area contributed by atoms with Crippen LogP contribution in [-0.2, 0) is 16.0 Å². The lowest BCUT2D eigenvalue weighted by Crippen LogP contribution is -2.55. The number of nitrogens with one attached hydrogen (secondary N) is 2. The molecule has 1 aliphatic rings. The highest BCUT2D eigenvalue weighted by Crippen LogP contribution is 2.07. The zero-order valence-electron chi connectivity index (χ0n) is 9.57. The summed E-state index contributed by atoms with van der Waals surface area (Å²) in [6.45, 7) is 1.71. The van der Waals surface area contributed by atoms with Crippen molar-refractivity contribution < 1.29 is 9.59 Å². The van der Waals surface area contributed by atoms with Gasteiger partial charge in [0.15, 0.2) is 0 Å². The van der Waals surface area contributed by atoms with Crippen molar-refractivity contribution in [2.75, 3.05) is 0 Å². The lowest BCUT2D eigenvalue weighted by molar-refractivity contribution is -0.131. The van der Waals surface area contributed by atoms with Crippen molar-refractivity contribution in [1.82, 2.24) is 10.6 Å². The van der Waals surface area contributed by atoms with Crippen LogP contribution in [0.3, 0.4) is 0 Å². The fourth-order valence-corrected chi connectivity index (χ4v) is 1.77. The van der Waals surface area contributed by atoms with Crippen LogP contribution in [0.15, 0.2) is 42.1 Å². The van der Waals surface area contributed by atoms with E-state index in [4.69, 9.17) is 0 Å². The molecule has 0 aliphatic carbocycles. The Morgan fingerprint density at radius 2 is 1.94 bits per heavy atom. The molecule has 1 aromatic carbocycles. The first-order valence-corrected chi connectivity index (χ1v) is 5.52. The second-order valence-electron chi connectivity index (χ2n) is 3.91. The molecule has 0 saturated carbocycles. The molecule has 0 bridgehead atoms. The Balaban J connectivity index is 2.09. The van der Waals surface area contributed by atoms with E-state index in [1.54, 1.807) is 13.0 Å². The number of allylic oxidation sites excluding steroid dienone is 1. The first kappa shape index (κ1) is 11.4. The van der Waals surface area contributed by atoms with E-state index >= 15 is 0 Å². The molecule has 1 aliphatic heterocycles. The molecular formula is C13H14N2O2. The molecular weight excluding hydrogens is 216 g/mol. The van der Waals surface area contributed by atoms with Crippen molar-refractivity contribution in [3.63, 3.8) is 0 Å². The van der Waals surface area contributed by atoms with E-state index in [-0.39, 0.29) is 11.8 Å². The zero-order chi connectivity index (χ0) is 12.3. The second-order valence-corrected chi connectivity index (χ2v) is 3.91. The topological polar surface area (TPSA) is 58.2 Å². The SMILES string of the molecule is C/C=C1\NC(=O)C(Cc2ccccc2)NC1=O. The normalized spacial score (nSPS) is 22.2. The predicted octanol–water partition coefficient (Wildman–Crippen LogP) is 0.747. The Morgan fingerprint density at radius 3 is 2.59 bits per heavy atom. The van der Waals surface area contributed by atoms with Gasteiger partial charge in [-0.1, -0.05) is 36.4 Å². The minimum absolute atomic E-state index is 0.165. The molecule has 88 valence electrons. The van der Waals surface area contributed by atoms with Crippen LogP contribution in [0.4, 0.5) is 0 Å². The maximum atomic E-state index is 11.7. The molecule has 1 fully saturated rings. The molecule has 0 spiro atoms. The van der Waals surface area contributed by atoms with Crippen molar-refractivity contribution in [3.05, 3.63) is 47.7 Å². The average Bonchev–Trinajstić information content (AvgIpc) is 2.34. The van der Waals surface area contributed by atoms with Gasteiger partial charge in [-0.2, -0.15) is 0 Å². The minimum atomic E-state index is -0.492. The lowest BCUT2D eigenvalue weighted by Gasteiger charge is -2.24. The van der Waals surface area contributed by atoms with Gasteiger partial charge in [-0.05, 0) is 12.5 Å². The van der Waals surface area contributed by atoms with E-state index in [1.165, 1.54) is 0 Å². The molecule has 1 heterocycles. The zero-order valence-corrected chi connectivity index (χ0v) is 9.57. The summed E-state index contributed by atoms with van der Waals surface area (Å²) >= 11 is 0. The van der Waals surface area contributed by atoms with Crippen molar-refractivity contribution in [2.24, 2.45) is 0 Å². The van der Waals surface area contributed by atoms with E-state index in [0.717, 1.165) is 5.56 Å². The third-order valence-electron chi connectivity index (χ3n) is 2.70. The highest BCUT2D eigenvalue weighted by atomic mass is 16.2. The van der Waals surface area contributed by atoms with Crippen LogP contribution >= 0.6 is 0 Å². The third kappa shape index (κ3) is 2.53. The molecule has 4 nitrogen and oxygen atoms in total. The molecule has 2 N–H and O–H groups in total. The molecule has 2 rings (SSSR count). The Kier molecular flexibility index (Phi) is 3.23. The molecule has 4 heteroatoms. The van der Waals surface area contributed by atoms with Gasteiger partial charge in [0.1, 0.15) is 11.7 Å². The first-order chi connectivity index (χ1) is 8.20. The quantitative estimate of drug-likeness (QED) is 0.736. The Bertz CT molecular complexity index is 466. The number of amides is 2. The first-order valence-electron chi connectivity index (χ1n) is 5.52. The number of hydrogen-bond acceptors (Lipinski definition) is 2. The summed E-state index contributed by atoms with van der Waals surface area (Å²) in [6, 6.07) is 9.12. The fourth-order valence-electron chi connectivity index (χ4n) is 1.77. The summed E-state index contributed by atoms with van der Waals surface area (Å²) in [5.74, 6) is -0.394. The highest BCUT2D eigenvalue weighted by Gasteiger charge is 2.28. The Hall–Kier alpha value is -2.10. The monoisotopic (exact) mass is 230 g/mol. The van der Waals surface area contributed by atoms with Gasteiger partial charge in [0.2, 0.25) is 5.91 Å². The molecule has 2 amide bonds. The van der Waals surface area contributed by atoms with Crippen LogP contribution < -0.4 is 10.6 Å². The maximum absolute atomic E-state index is 11.7. The lowest BCUT2D eigenvalue weighted by atomic mass is 10.0. The van der Waals surface area contributed by atoms with E-state index in [1.807, 2.05) is 30.3 Å². The van der Waals surface area contributed by atoms with Gasteiger partial charge < -0.3 is 10.6 Å². The van der Waals surface area contributed by atoms with Gasteiger partial charge >= 0.3 is 0 Å². The Labute approximate surface area is 99.7 Å². The third-order valence-corrected chi connectivity index (χ3v) is 2.70. The van der Waals surface area contributed by atoms with Crippen LogP contribution in [-0.4, -0.2) is 17.9 Å². The van der Waals surface area contributed by atoms with Gasteiger partial charge in [0.05, 0.1) is 0 Å². The molecule has 1 saturated heterocycles. The number of carbonyl (C=O) groups excluding carboxylic acids is 2. The van der Waals surface area contributed by atoms with Gasteiger partial charge in [-0.25, -0.2) is 0 Å². The minimum Gasteiger partial charge on any atom is -0.339 e. The van der Waals surface area contributed by atoms with Crippen LogP contribution in [0.1, 0.15) is 12.5 Å². The molecule has 1 unspecified atom stereocenters. The van der Waals surface area contributed by atoms with Crippen LogP contribution in [0, 0.1) is 0 Å². The average molecular weight is 230 g/mol. The number of hydrogen-bond donors (Lipinski definition) is 2. The van der Waals surface area contributed by atoms with Crippen LogP contribution in [0.25, 0.3) is 0 Å². The fraction of sp³-hybridized carbons (Fsp3) is 0.231. The van der Waals surface area contributed by atoms with Gasteiger partial charge in [0, 0.05) is 6.42 Å². The molecule has 1 atom stereocenters. The molecule has 1 aromatic rings. The summed E-state index contributed by atoms with van der Waals surface area (Å²) in [4.78, 5) is 23.3. The van der Waals surface area contributed by atoms with Crippen molar-refractivity contribution in [2.45, 2.75) is 19.4 Å².